The molecule has 3 nitrogen and oxygen atoms in total. The normalized spacial score (nSPS) is 13.9. The van der Waals surface area contributed by atoms with Crippen LogP contribution in [0.4, 0.5) is 0 Å². The fraction of sp³-hybridized carbons (Fsp3) is 0.765. The predicted octanol–water partition coefficient (Wildman–Crippen LogP) is 5.21. The molecule has 0 saturated heterocycles. The lowest BCUT2D eigenvalue weighted by atomic mass is 10.1. The van der Waals surface area contributed by atoms with E-state index in [4.69, 9.17) is 5.26 Å². The van der Waals surface area contributed by atoms with Gasteiger partial charge in [0, 0.05) is 18.4 Å². The van der Waals surface area contributed by atoms with Crippen LogP contribution in [0.1, 0.15) is 89.9 Å². The third-order valence-electron chi connectivity index (χ3n) is 3.98. The van der Waals surface area contributed by atoms with Gasteiger partial charge in [-0.15, -0.1) is 0 Å². The van der Waals surface area contributed by atoms with Gasteiger partial charge in [-0.05, 0) is 20.3 Å². The van der Waals surface area contributed by atoms with Crippen LogP contribution in [-0.2, 0) is 0 Å². The van der Waals surface area contributed by atoms with Crippen LogP contribution in [0.15, 0.2) is 12.4 Å². The Morgan fingerprint density at radius 2 is 1.80 bits per heavy atom. The minimum atomic E-state index is -0.124. The van der Waals surface area contributed by atoms with Gasteiger partial charge in [-0.3, -0.25) is 0 Å². The van der Waals surface area contributed by atoms with Crippen molar-refractivity contribution in [2.75, 3.05) is 0 Å². The average Bonchev–Trinajstić information content (AvgIpc) is 2.94. The molecule has 0 bridgehead atoms. The molecule has 2 atom stereocenters. The number of nitriles is 1. The first-order valence-electron chi connectivity index (χ1n) is 8.13. The van der Waals surface area contributed by atoms with Gasteiger partial charge in [0.25, 0.3) is 0 Å². The Morgan fingerprint density at radius 1 is 1.15 bits per heavy atom. The Bertz CT molecular complexity index is 403. The van der Waals surface area contributed by atoms with E-state index in [1.807, 2.05) is 19.3 Å². The number of aromatic nitrogens is 2. The molecule has 0 aliphatic rings. The van der Waals surface area contributed by atoms with Gasteiger partial charge in [0.2, 0.25) is 0 Å². The Balaban J connectivity index is 2.28. The summed E-state index contributed by atoms with van der Waals surface area (Å²) in [5, 5.41) is 9.03. The van der Waals surface area contributed by atoms with Gasteiger partial charge in [-0.2, -0.15) is 5.26 Å². The van der Waals surface area contributed by atoms with Crippen molar-refractivity contribution in [3.8, 4) is 6.07 Å². The van der Waals surface area contributed by atoms with E-state index >= 15 is 0 Å². The molecule has 1 heterocycles. The highest BCUT2D eigenvalue weighted by atomic mass is 15.1. The van der Waals surface area contributed by atoms with E-state index in [0.717, 1.165) is 5.82 Å². The van der Waals surface area contributed by atoms with E-state index in [9.17, 15) is 0 Å². The lowest BCUT2D eigenvalue weighted by molar-refractivity contribution is 0.452. The molecule has 0 saturated carbocycles. The fourth-order valence-corrected chi connectivity index (χ4v) is 2.63. The van der Waals surface area contributed by atoms with E-state index in [-0.39, 0.29) is 5.92 Å². The fourth-order valence-electron chi connectivity index (χ4n) is 2.63. The lowest BCUT2D eigenvalue weighted by Crippen LogP contribution is -2.10. The molecule has 0 aromatic carbocycles. The maximum absolute atomic E-state index is 9.03. The van der Waals surface area contributed by atoms with E-state index < -0.39 is 0 Å². The van der Waals surface area contributed by atoms with Crippen molar-refractivity contribution in [1.82, 2.24) is 9.55 Å². The zero-order valence-corrected chi connectivity index (χ0v) is 13.3. The van der Waals surface area contributed by atoms with Crippen molar-refractivity contribution in [2.24, 2.45) is 0 Å². The Kier molecular flexibility index (Phi) is 8.02. The van der Waals surface area contributed by atoms with Crippen LogP contribution in [0.2, 0.25) is 0 Å². The molecule has 20 heavy (non-hydrogen) atoms. The van der Waals surface area contributed by atoms with Gasteiger partial charge in [-0.25, -0.2) is 4.98 Å². The first-order valence-corrected chi connectivity index (χ1v) is 8.13. The third-order valence-corrected chi connectivity index (χ3v) is 3.98. The van der Waals surface area contributed by atoms with Crippen LogP contribution in [0.25, 0.3) is 0 Å². The van der Waals surface area contributed by atoms with Gasteiger partial charge in [-0.1, -0.05) is 51.9 Å². The van der Waals surface area contributed by atoms with Crippen LogP contribution in [-0.4, -0.2) is 9.55 Å². The molecular formula is C17H29N3. The summed E-state index contributed by atoms with van der Waals surface area (Å²) < 4.78 is 2.17. The summed E-state index contributed by atoms with van der Waals surface area (Å²) in [5.74, 6) is 0.782. The number of imidazole rings is 1. The van der Waals surface area contributed by atoms with Gasteiger partial charge in [0.1, 0.15) is 11.7 Å². The molecule has 1 aromatic heterocycles. The van der Waals surface area contributed by atoms with Crippen molar-refractivity contribution in [3.63, 3.8) is 0 Å². The molecule has 1 aromatic rings. The minimum Gasteiger partial charge on any atom is -0.331 e. The maximum atomic E-state index is 9.03. The van der Waals surface area contributed by atoms with Gasteiger partial charge >= 0.3 is 0 Å². The SMILES string of the molecule is CCCCCCCCCC(C)n1ccnc1C(C)C#N. The van der Waals surface area contributed by atoms with Crippen molar-refractivity contribution in [1.29, 1.82) is 5.26 Å². The van der Waals surface area contributed by atoms with Crippen molar-refractivity contribution in [3.05, 3.63) is 18.2 Å². The summed E-state index contributed by atoms with van der Waals surface area (Å²) in [7, 11) is 0. The molecule has 0 N–H and O–H groups in total. The van der Waals surface area contributed by atoms with Crippen LogP contribution >= 0.6 is 0 Å². The zero-order valence-electron chi connectivity index (χ0n) is 13.3. The van der Waals surface area contributed by atoms with E-state index in [0.29, 0.717) is 6.04 Å². The number of nitrogens with zero attached hydrogens (tertiary/aromatic N) is 3. The van der Waals surface area contributed by atoms with E-state index in [1.54, 1.807) is 0 Å². The zero-order chi connectivity index (χ0) is 14.8. The molecule has 0 amide bonds. The van der Waals surface area contributed by atoms with Gasteiger partial charge in [0.15, 0.2) is 0 Å². The quantitative estimate of drug-likeness (QED) is 0.550. The molecule has 0 aliphatic heterocycles. The van der Waals surface area contributed by atoms with Crippen molar-refractivity contribution in [2.45, 2.75) is 84.1 Å². The molecule has 0 aliphatic carbocycles. The molecule has 0 spiro atoms. The summed E-state index contributed by atoms with van der Waals surface area (Å²) in [6, 6.07) is 2.72. The monoisotopic (exact) mass is 275 g/mol. The molecule has 2 unspecified atom stereocenters. The molecule has 3 heteroatoms. The largest absolute Gasteiger partial charge is 0.331 e. The molecule has 0 fully saturated rings. The second-order valence-corrected chi connectivity index (χ2v) is 5.80. The van der Waals surface area contributed by atoms with E-state index in [1.165, 1.54) is 51.4 Å². The summed E-state index contributed by atoms with van der Waals surface area (Å²) in [6.45, 7) is 6.40. The standard InChI is InChI=1S/C17H29N3/c1-4-5-6-7-8-9-10-11-16(3)20-13-12-19-17(20)15(2)14-18/h12-13,15-16H,4-11H2,1-3H3. The first-order chi connectivity index (χ1) is 9.70. The Hall–Kier alpha value is -1.30. The minimum absolute atomic E-state index is 0.124. The van der Waals surface area contributed by atoms with Gasteiger partial charge in [0.05, 0.1) is 6.07 Å². The van der Waals surface area contributed by atoms with E-state index in [2.05, 4.69) is 29.5 Å². The maximum Gasteiger partial charge on any atom is 0.125 e. The Labute approximate surface area is 124 Å². The molecule has 0 radical (unpaired) electrons. The smallest absolute Gasteiger partial charge is 0.125 e. The van der Waals surface area contributed by atoms with Crippen LogP contribution in [0, 0.1) is 11.3 Å². The molecule has 1 rings (SSSR count). The number of hydrogen-bond donors (Lipinski definition) is 0. The van der Waals surface area contributed by atoms with Crippen LogP contribution < -0.4 is 0 Å². The first kappa shape index (κ1) is 16.8. The van der Waals surface area contributed by atoms with Crippen molar-refractivity contribution >= 4 is 0 Å². The number of hydrogen-bond acceptors (Lipinski definition) is 2. The summed E-state index contributed by atoms with van der Waals surface area (Å²) in [6.07, 6.45) is 14.4. The lowest BCUT2D eigenvalue weighted by Gasteiger charge is -2.17. The summed E-state index contributed by atoms with van der Waals surface area (Å²) in [4.78, 5) is 4.33. The second-order valence-electron chi connectivity index (χ2n) is 5.80. The highest BCUT2D eigenvalue weighted by molar-refractivity contribution is 5.09. The molecule has 112 valence electrons. The average molecular weight is 275 g/mol. The highest BCUT2D eigenvalue weighted by Gasteiger charge is 2.14. The third kappa shape index (κ3) is 5.36. The highest BCUT2D eigenvalue weighted by Crippen LogP contribution is 2.21. The van der Waals surface area contributed by atoms with Crippen LogP contribution in [0.5, 0.6) is 0 Å². The van der Waals surface area contributed by atoms with Crippen LogP contribution in [0.3, 0.4) is 0 Å². The topological polar surface area (TPSA) is 41.6 Å². The summed E-state index contributed by atoms with van der Waals surface area (Å²) in [5.41, 5.74) is 0. The Morgan fingerprint density at radius 3 is 2.45 bits per heavy atom. The number of rotatable bonds is 10. The van der Waals surface area contributed by atoms with Crippen molar-refractivity contribution < 1.29 is 0 Å². The molecular weight excluding hydrogens is 246 g/mol. The predicted molar refractivity (Wildman–Crippen MR) is 83.6 cm³/mol. The van der Waals surface area contributed by atoms with Gasteiger partial charge < -0.3 is 4.57 Å². The second kappa shape index (κ2) is 9.58. The summed E-state index contributed by atoms with van der Waals surface area (Å²) >= 11 is 0. The number of unbranched alkanes of at least 4 members (excludes halogenated alkanes) is 6.